The summed E-state index contributed by atoms with van der Waals surface area (Å²) in [7, 11) is -3.51. The average Bonchev–Trinajstić information content (AvgIpc) is 2.85. The molecule has 2 heterocycles. The molecule has 0 unspecified atom stereocenters. The molecule has 1 aromatic rings. The van der Waals surface area contributed by atoms with Crippen molar-refractivity contribution in [2.24, 2.45) is 5.73 Å². The van der Waals surface area contributed by atoms with E-state index in [4.69, 9.17) is 15.2 Å². The fraction of sp³-hybridized carbons (Fsp3) is 0.538. The van der Waals surface area contributed by atoms with Crippen LogP contribution in [-0.2, 0) is 10.0 Å². The molecule has 2 aliphatic heterocycles. The summed E-state index contributed by atoms with van der Waals surface area (Å²) >= 11 is 0. The number of nitrogens with zero attached hydrogens (tertiary/aromatic N) is 1. The van der Waals surface area contributed by atoms with Gasteiger partial charge in [-0.25, -0.2) is 8.42 Å². The van der Waals surface area contributed by atoms with Crippen molar-refractivity contribution in [2.45, 2.75) is 36.7 Å². The first-order valence-electron chi connectivity index (χ1n) is 6.65. The van der Waals surface area contributed by atoms with Crippen LogP contribution in [0, 0.1) is 0 Å². The Hall–Kier alpha value is -1.31. The maximum absolute atomic E-state index is 12.7. The normalized spacial score (nSPS) is 26.7. The molecule has 0 amide bonds. The van der Waals surface area contributed by atoms with Crippen molar-refractivity contribution in [3.8, 4) is 11.5 Å². The van der Waals surface area contributed by atoms with E-state index in [0.29, 0.717) is 30.9 Å². The first-order chi connectivity index (χ1) is 9.48. The molecule has 0 aromatic heterocycles. The second kappa shape index (κ2) is 4.91. The van der Waals surface area contributed by atoms with E-state index in [9.17, 15) is 8.42 Å². The van der Waals surface area contributed by atoms with Crippen LogP contribution in [0.1, 0.15) is 19.8 Å². The summed E-state index contributed by atoms with van der Waals surface area (Å²) in [6, 6.07) is 4.71. The molecule has 2 atom stereocenters. The predicted molar refractivity (Wildman–Crippen MR) is 73.1 cm³/mol. The zero-order valence-electron chi connectivity index (χ0n) is 11.3. The Morgan fingerprint density at radius 1 is 1.30 bits per heavy atom. The molecule has 0 aliphatic carbocycles. The van der Waals surface area contributed by atoms with E-state index >= 15 is 0 Å². The lowest BCUT2D eigenvalue weighted by atomic mass is 10.0. The van der Waals surface area contributed by atoms with Gasteiger partial charge in [-0.2, -0.15) is 4.31 Å². The van der Waals surface area contributed by atoms with Crippen molar-refractivity contribution >= 4 is 10.0 Å². The van der Waals surface area contributed by atoms with Crippen molar-refractivity contribution in [2.75, 3.05) is 13.3 Å². The van der Waals surface area contributed by atoms with Crippen molar-refractivity contribution in [3.05, 3.63) is 18.2 Å². The molecule has 0 bridgehead atoms. The van der Waals surface area contributed by atoms with Crippen LogP contribution < -0.4 is 15.2 Å². The summed E-state index contributed by atoms with van der Waals surface area (Å²) in [5.41, 5.74) is 5.89. The molecule has 7 heteroatoms. The second-order valence-electron chi connectivity index (χ2n) is 5.26. The molecule has 6 nitrogen and oxygen atoms in total. The molecule has 1 aromatic carbocycles. The number of nitrogens with two attached hydrogens (primary N) is 1. The maximum Gasteiger partial charge on any atom is 0.243 e. The van der Waals surface area contributed by atoms with Crippen molar-refractivity contribution < 1.29 is 17.9 Å². The fourth-order valence-corrected chi connectivity index (χ4v) is 4.39. The Bertz CT molecular complexity index is 617. The van der Waals surface area contributed by atoms with Crippen molar-refractivity contribution in [1.29, 1.82) is 0 Å². The number of rotatable bonds is 2. The molecule has 0 saturated carbocycles. The van der Waals surface area contributed by atoms with E-state index in [0.717, 1.165) is 0 Å². The van der Waals surface area contributed by atoms with Gasteiger partial charge in [-0.1, -0.05) is 0 Å². The molecule has 0 spiro atoms. The van der Waals surface area contributed by atoms with Crippen molar-refractivity contribution in [3.63, 3.8) is 0 Å². The molecule has 20 heavy (non-hydrogen) atoms. The van der Waals surface area contributed by atoms with Crippen LogP contribution in [0.25, 0.3) is 0 Å². The van der Waals surface area contributed by atoms with Crippen LogP contribution in [0.5, 0.6) is 11.5 Å². The first-order valence-corrected chi connectivity index (χ1v) is 8.09. The molecule has 2 aliphatic rings. The quantitative estimate of drug-likeness (QED) is 0.878. The van der Waals surface area contributed by atoms with Gasteiger partial charge in [0, 0.05) is 24.7 Å². The minimum Gasteiger partial charge on any atom is -0.454 e. The average molecular weight is 298 g/mol. The number of sulfonamides is 1. The highest BCUT2D eigenvalue weighted by molar-refractivity contribution is 7.89. The lowest BCUT2D eigenvalue weighted by Crippen LogP contribution is -2.48. The highest BCUT2D eigenvalue weighted by atomic mass is 32.2. The van der Waals surface area contributed by atoms with Gasteiger partial charge in [0.2, 0.25) is 16.8 Å². The van der Waals surface area contributed by atoms with Gasteiger partial charge < -0.3 is 15.2 Å². The number of hydrogen-bond donors (Lipinski definition) is 1. The topological polar surface area (TPSA) is 81.9 Å². The number of hydrogen-bond acceptors (Lipinski definition) is 5. The van der Waals surface area contributed by atoms with Gasteiger partial charge in [-0.3, -0.25) is 0 Å². The molecular weight excluding hydrogens is 280 g/mol. The Kier molecular flexibility index (Phi) is 3.35. The van der Waals surface area contributed by atoms with Gasteiger partial charge in [-0.15, -0.1) is 0 Å². The zero-order chi connectivity index (χ0) is 14.3. The number of fused-ring (bicyclic) bond motifs is 1. The molecule has 1 saturated heterocycles. The summed E-state index contributed by atoms with van der Waals surface area (Å²) in [6.07, 6.45) is 1.37. The standard InChI is InChI=1S/C13H18N2O4S/c1-9-6-10(14)4-5-15(9)20(16,17)11-2-3-12-13(7-11)19-8-18-12/h2-3,7,9-10H,4-6,8,14H2,1H3/t9-,10-/m1/s1. The molecule has 0 radical (unpaired) electrons. The van der Waals surface area contributed by atoms with E-state index in [1.165, 1.54) is 10.4 Å². The summed E-state index contributed by atoms with van der Waals surface area (Å²) in [4.78, 5) is 0.240. The summed E-state index contributed by atoms with van der Waals surface area (Å²) in [6.45, 7) is 2.48. The van der Waals surface area contributed by atoms with E-state index in [2.05, 4.69) is 0 Å². The Morgan fingerprint density at radius 2 is 2.05 bits per heavy atom. The fourth-order valence-electron chi connectivity index (χ4n) is 2.72. The zero-order valence-corrected chi connectivity index (χ0v) is 12.1. The third-order valence-electron chi connectivity index (χ3n) is 3.81. The SMILES string of the molecule is C[C@@H]1C[C@H](N)CCN1S(=O)(=O)c1ccc2c(c1)OCO2. The van der Waals surface area contributed by atoms with E-state index in [1.54, 1.807) is 12.1 Å². The monoisotopic (exact) mass is 298 g/mol. The maximum atomic E-state index is 12.7. The van der Waals surface area contributed by atoms with Gasteiger partial charge in [0.15, 0.2) is 11.5 Å². The third-order valence-corrected chi connectivity index (χ3v) is 5.82. The number of piperidine rings is 1. The summed E-state index contributed by atoms with van der Waals surface area (Å²) in [5.74, 6) is 1.06. The molecule has 1 fully saturated rings. The minimum absolute atomic E-state index is 0.0770. The Morgan fingerprint density at radius 3 is 2.80 bits per heavy atom. The number of benzene rings is 1. The third kappa shape index (κ3) is 2.25. The summed E-state index contributed by atoms with van der Waals surface area (Å²) in [5, 5.41) is 0. The van der Waals surface area contributed by atoms with Crippen LogP contribution in [-0.4, -0.2) is 38.1 Å². The van der Waals surface area contributed by atoms with Gasteiger partial charge in [-0.05, 0) is 31.9 Å². The second-order valence-corrected chi connectivity index (χ2v) is 7.15. The molecule has 110 valence electrons. The highest BCUT2D eigenvalue weighted by Gasteiger charge is 2.34. The van der Waals surface area contributed by atoms with Gasteiger partial charge in [0.05, 0.1) is 4.90 Å². The lowest BCUT2D eigenvalue weighted by molar-refractivity contribution is 0.174. The van der Waals surface area contributed by atoms with E-state index < -0.39 is 10.0 Å². The molecular formula is C13H18N2O4S. The smallest absolute Gasteiger partial charge is 0.243 e. The van der Waals surface area contributed by atoms with Crippen LogP contribution in [0.3, 0.4) is 0 Å². The lowest BCUT2D eigenvalue weighted by Gasteiger charge is -2.35. The first kappa shape index (κ1) is 13.7. The van der Waals surface area contributed by atoms with E-state index in [-0.39, 0.29) is 23.8 Å². The highest BCUT2D eigenvalue weighted by Crippen LogP contribution is 2.35. The minimum atomic E-state index is -3.51. The summed E-state index contributed by atoms with van der Waals surface area (Å²) < 4.78 is 37.3. The Balaban J connectivity index is 1.92. The Labute approximate surface area is 118 Å². The van der Waals surface area contributed by atoms with Gasteiger partial charge >= 0.3 is 0 Å². The van der Waals surface area contributed by atoms with Crippen LogP contribution >= 0.6 is 0 Å². The van der Waals surface area contributed by atoms with E-state index in [1.807, 2.05) is 6.92 Å². The van der Waals surface area contributed by atoms with Crippen LogP contribution in [0.2, 0.25) is 0 Å². The van der Waals surface area contributed by atoms with Crippen LogP contribution in [0.4, 0.5) is 0 Å². The predicted octanol–water partition coefficient (Wildman–Crippen LogP) is 0.916. The van der Waals surface area contributed by atoms with Crippen molar-refractivity contribution in [1.82, 2.24) is 4.31 Å². The van der Waals surface area contributed by atoms with Crippen LogP contribution in [0.15, 0.2) is 23.1 Å². The molecule has 3 rings (SSSR count). The number of ether oxygens (including phenoxy) is 2. The largest absolute Gasteiger partial charge is 0.454 e. The molecule has 2 N–H and O–H groups in total. The van der Waals surface area contributed by atoms with Gasteiger partial charge in [0.25, 0.3) is 0 Å². The van der Waals surface area contributed by atoms with Gasteiger partial charge in [0.1, 0.15) is 0 Å².